The Labute approximate surface area is 113 Å². The molecule has 0 saturated heterocycles. The fourth-order valence-electron chi connectivity index (χ4n) is 5.29. The number of carbonyl (C=O) groups excluding carboxylic acids is 1. The molecule has 0 unspecified atom stereocenters. The predicted molar refractivity (Wildman–Crippen MR) is 73.6 cm³/mol. The first-order valence-electron chi connectivity index (χ1n) is 7.40. The third-order valence-electron chi connectivity index (χ3n) is 5.62. The van der Waals surface area contributed by atoms with Gasteiger partial charge in [0.15, 0.2) is 5.78 Å². The summed E-state index contributed by atoms with van der Waals surface area (Å²) in [5, 5.41) is 0. The Kier molecular flexibility index (Phi) is 2.30. The Balaban J connectivity index is 1.72. The molecule has 1 aromatic rings. The molecule has 0 spiro atoms. The van der Waals surface area contributed by atoms with Gasteiger partial charge in [0.1, 0.15) is 0 Å². The van der Waals surface area contributed by atoms with Gasteiger partial charge in [-0.3, -0.25) is 9.78 Å². The molecule has 5 rings (SSSR count). The fourth-order valence-corrected chi connectivity index (χ4v) is 5.29. The highest BCUT2D eigenvalue weighted by atomic mass is 16.1. The number of carbonyl (C=O) groups is 1. The summed E-state index contributed by atoms with van der Waals surface area (Å²) in [7, 11) is 0. The summed E-state index contributed by atoms with van der Waals surface area (Å²) < 4.78 is 0. The third-order valence-corrected chi connectivity index (χ3v) is 5.62. The SMILES string of the molecule is Nc1cnccc1C(=O)C12CC3CC(CC(C3)C1)C2. The minimum absolute atomic E-state index is 0.0930. The van der Waals surface area contributed by atoms with Crippen LogP contribution in [0.5, 0.6) is 0 Å². The largest absolute Gasteiger partial charge is 0.397 e. The molecule has 4 fully saturated rings. The van der Waals surface area contributed by atoms with Crippen LogP contribution in [0.1, 0.15) is 48.9 Å². The van der Waals surface area contributed by atoms with E-state index in [0.29, 0.717) is 17.0 Å². The van der Waals surface area contributed by atoms with Crippen molar-refractivity contribution >= 4 is 11.5 Å². The molecule has 3 nitrogen and oxygen atoms in total. The van der Waals surface area contributed by atoms with Gasteiger partial charge in [-0.05, 0) is 62.3 Å². The minimum Gasteiger partial charge on any atom is -0.397 e. The molecule has 0 atom stereocenters. The molecule has 0 aliphatic heterocycles. The van der Waals surface area contributed by atoms with Gasteiger partial charge in [-0.1, -0.05) is 0 Å². The van der Waals surface area contributed by atoms with Crippen molar-refractivity contribution in [1.82, 2.24) is 4.98 Å². The van der Waals surface area contributed by atoms with Crippen LogP contribution in [0.15, 0.2) is 18.5 Å². The summed E-state index contributed by atoms with van der Waals surface area (Å²) in [6.45, 7) is 0. The molecule has 4 bridgehead atoms. The van der Waals surface area contributed by atoms with E-state index in [-0.39, 0.29) is 5.41 Å². The van der Waals surface area contributed by atoms with Crippen molar-refractivity contribution in [2.24, 2.45) is 23.2 Å². The first-order valence-corrected chi connectivity index (χ1v) is 7.40. The summed E-state index contributed by atoms with van der Waals surface area (Å²) in [5.74, 6) is 2.67. The van der Waals surface area contributed by atoms with Gasteiger partial charge in [0.05, 0.1) is 11.9 Å². The van der Waals surface area contributed by atoms with Crippen LogP contribution in [0, 0.1) is 23.2 Å². The molecule has 2 N–H and O–H groups in total. The van der Waals surface area contributed by atoms with Gasteiger partial charge in [-0.25, -0.2) is 0 Å². The van der Waals surface area contributed by atoms with E-state index in [0.717, 1.165) is 37.0 Å². The summed E-state index contributed by atoms with van der Waals surface area (Å²) >= 11 is 0. The molecule has 4 saturated carbocycles. The van der Waals surface area contributed by atoms with Crippen molar-refractivity contribution in [2.45, 2.75) is 38.5 Å². The van der Waals surface area contributed by atoms with Crippen LogP contribution in [0.25, 0.3) is 0 Å². The molecule has 1 aromatic heterocycles. The number of aromatic nitrogens is 1. The van der Waals surface area contributed by atoms with Gasteiger partial charge in [-0.15, -0.1) is 0 Å². The second-order valence-electron chi connectivity index (χ2n) is 6.99. The number of nitrogen functional groups attached to an aromatic ring is 1. The van der Waals surface area contributed by atoms with E-state index < -0.39 is 0 Å². The van der Waals surface area contributed by atoms with Crippen molar-refractivity contribution in [1.29, 1.82) is 0 Å². The van der Waals surface area contributed by atoms with E-state index in [1.165, 1.54) is 19.3 Å². The predicted octanol–water partition coefficient (Wildman–Crippen LogP) is 3.06. The molecule has 0 radical (unpaired) electrons. The maximum Gasteiger partial charge on any atom is 0.171 e. The number of nitrogens with two attached hydrogens (primary N) is 1. The second kappa shape index (κ2) is 3.81. The molecule has 4 aliphatic carbocycles. The van der Waals surface area contributed by atoms with E-state index in [9.17, 15) is 4.79 Å². The number of hydrogen-bond donors (Lipinski definition) is 1. The van der Waals surface area contributed by atoms with Gasteiger partial charge in [0.25, 0.3) is 0 Å². The Morgan fingerprint density at radius 1 is 1.16 bits per heavy atom. The number of anilines is 1. The molecule has 19 heavy (non-hydrogen) atoms. The van der Waals surface area contributed by atoms with Gasteiger partial charge in [-0.2, -0.15) is 0 Å². The maximum atomic E-state index is 13.0. The third kappa shape index (κ3) is 1.63. The standard InChI is InChI=1S/C16H20N2O/c17-14-9-18-2-1-13(14)15(19)16-6-10-3-11(7-16)5-12(4-10)8-16/h1-2,9-12H,3-8,17H2. The monoisotopic (exact) mass is 256 g/mol. The molecule has 0 aromatic carbocycles. The van der Waals surface area contributed by atoms with Gasteiger partial charge >= 0.3 is 0 Å². The Morgan fingerprint density at radius 3 is 2.26 bits per heavy atom. The van der Waals surface area contributed by atoms with E-state index in [4.69, 9.17) is 5.73 Å². The van der Waals surface area contributed by atoms with Crippen molar-refractivity contribution in [2.75, 3.05) is 5.73 Å². The zero-order valence-corrected chi connectivity index (χ0v) is 11.1. The highest BCUT2D eigenvalue weighted by Gasteiger charge is 2.54. The van der Waals surface area contributed by atoms with Crippen molar-refractivity contribution < 1.29 is 4.79 Å². The van der Waals surface area contributed by atoms with Crippen LogP contribution in [-0.2, 0) is 0 Å². The van der Waals surface area contributed by atoms with Gasteiger partial charge in [0, 0.05) is 17.2 Å². The van der Waals surface area contributed by atoms with Crippen molar-refractivity contribution in [3.8, 4) is 0 Å². The van der Waals surface area contributed by atoms with E-state index in [1.807, 2.05) is 0 Å². The second-order valence-corrected chi connectivity index (χ2v) is 6.99. The first kappa shape index (κ1) is 11.4. The molecule has 4 aliphatic rings. The lowest BCUT2D eigenvalue weighted by molar-refractivity contribution is -0.0352. The number of nitrogens with zero attached hydrogens (tertiary/aromatic N) is 1. The van der Waals surface area contributed by atoms with Crippen molar-refractivity contribution in [3.05, 3.63) is 24.0 Å². The number of Topliss-reactive ketones (excluding diaryl/α,β-unsaturated/α-hetero) is 1. The average Bonchev–Trinajstić information content (AvgIpc) is 2.37. The minimum atomic E-state index is -0.0930. The highest BCUT2D eigenvalue weighted by molar-refractivity contribution is 6.04. The molecule has 3 heteroatoms. The van der Waals surface area contributed by atoms with Crippen molar-refractivity contribution in [3.63, 3.8) is 0 Å². The van der Waals surface area contributed by atoms with E-state index >= 15 is 0 Å². The van der Waals surface area contributed by atoms with Crippen LogP contribution in [0.2, 0.25) is 0 Å². The lowest BCUT2D eigenvalue weighted by Crippen LogP contribution is -2.50. The fraction of sp³-hybridized carbons (Fsp3) is 0.625. The number of rotatable bonds is 2. The van der Waals surface area contributed by atoms with Gasteiger partial charge in [0.2, 0.25) is 0 Å². The molecule has 0 amide bonds. The first-order chi connectivity index (χ1) is 9.16. The zero-order chi connectivity index (χ0) is 13.0. The Hall–Kier alpha value is -1.38. The van der Waals surface area contributed by atoms with Crippen LogP contribution in [0.4, 0.5) is 5.69 Å². The average molecular weight is 256 g/mol. The molecular formula is C16H20N2O. The topological polar surface area (TPSA) is 56.0 Å². The Morgan fingerprint density at radius 2 is 1.74 bits per heavy atom. The summed E-state index contributed by atoms with van der Waals surface area (Å²) in [6, 6.07) is 1.80. The number of ketones is 1. The smallest absolute Gasteiger partial charge is 0.171 e. The quantitative estimate of drug-likeness (QED) is 0.827. The lowest BCUT2D eigenvalue weighted by atomic mass is 9.48. The number of pyridine rings is 1. The van der Waals surface area contributed by atoms with Crippen LogP contribution < -0.4 is 5.73 Å². The van der Waals surface area contributed by atoms with Crippen LogP contribution >= 0.6 is 0 Å². The van der Waals surface area contributed by atoms with E-state index in [1.54, 1.807) is 18.5 Å². The zero-order valence-electron chi connectivity index (χ0n) is 11.1. The lowest BCUT2D eigenvalue weighted by Gasteiger charge is -2.56. The normalized spacial score (nSPS) is 39.5. The Bertz CT molecular complexity index is 502. The molecular weight excluding hydrogens is 236 g/mol. The maximum absolute atomic E-state index is 13.0. The summed E-state index contributed by atoms with van der Waals surface area (Å²) in [6.07, 6.45) is 10.7. The van der Waals surface area contributed by atoms with Crippen LogP contribution in [-0.4, -0.2) is 10.8 Å². The number of hydrogen-bond acceptors (Lipinski definition) is 3. The summed E-state index contributed by atoms with van der Waals surface area (Å²) in [4.78, 5) is 17.0. The van der Waals surface area contributed by atoms with E-state index in [2.05, 4.69) is 4.98 Å². The van der Waals surface area contributed by atoms with Gasteiger partial charge < -0.3 is 5.73 Å². The molecule has 100 valence electrons. The highest BCUT2D eigenvalue weighted by Crippen LogP contribution is 2.61. The summed E-state index contributed by atoms with van der Waals surface area (Å²) in [5.41, 5.74) is 7.11. The molecule has 1 heterocycles. The van der Waals surface area contributed by atoms with Crippen LogP contribution in [0.3, 0.4) is 0 Å².